The molecule has 31 heavy (non-hydrogen) atoms. The first kappa shape index (κ1) is 24.1. The second kappa shape index (κ2) is 10.8. The largest absolute Gasteiger partial charge is 0.458 e. The molecule has 0 radical (unpaired) electrons. The van der Waals surface area contributed by atoms with Crippen LogP contribution in [0.15, 0.2) is 12.1 Å². The van der Waals surface area contributed by atoms with Crippen molar-refractivity contribution in [1.82, 2.24) is 0 Å². The van der Waals surface area contributed by atoms with Crippen molar-refractivity contribution < 1.29 is 22.0 Å². The van der Waals surface area contributed by atoms with E-state index in [1.54, 1.807) is 5.92 Å². The van der Waals surface area contributed by atoms with E-state index >= 15 is 0 Å². The number of alkyl halides is 3. The fourth-order valence-electron chi connectivity index (χ4n) is 5.64. The SMILES string of the molecule is CCCCCC1CCC(C2CCC(c3cc(F)c(C#CC(F)(F)F)c(F)c3)CC2)CC1. The van der Waals surface area contributed by atoms with Gasteiger partial charge in [-0.15, -0.1) is 0 Å². The lowest BCUT2D eigenvalue weighted by molar-refractivity contribution is -0.0696. The number of rotatable bonds is 6. The van der Waals surface area contributed by atoms with E-state index in [1.165, 1.54) is 63.5 Å². The van der Waals surface area contributed by atoms with Crippen molar-refractivity contribution in [2.24, 2.45) is 17.8 Å². The van der Waals surface area contributed by atoms with Crippen LogP contribution in [0.5, 0.6) is 0 Å². The minimum Gasteiger partial charge on any atom is -0.206 e. The van der Waals surface area contributed by atoms with E-state index in [1.807, 2.05) is 0 Å². The Kier molecular flexibility index (Phi) is 8.42. The average molecular weight is 441 g/mol. The molecule has 0 nitrogen and oxygen atoms in total. The van der Waals surface area contributed by atoms with Gasteiger partial charge < -0.3 is 0 Å². The second-order valence-corrected chi connectivity index (χ2v) is 9.50. The maximum absolute atomic E-state index is 14.2. The molecule has 2 saturated carbocycles. The fourth-order valence-corrected chi connectivity index (χ4v) is 5.64. The Morgan fingerprint density at radius 3 is 1.90 bits per heavy atom. The fraction of sp³-hybridized carbons (Fsp3) is 0.692. The van der Waals surface area contributed by atoms with Gasteiger partial charge in [-0.2, -0.15) is 13.2 Å². The first-order chi connectivity index (χ1) is 14.8. The summed E-state index contributed by atoms with van der Waals surface area (Å²) in [5.41, 5.74) is -0.254. The van der Waals surface area contributed by atoms with E-state index in [9.17, 15) is 22.0 Å². The standard InChI is InChI=1S/C26H33F5/c1-2-3-4-5-18-6-8-19(9-7-18)20-10-12-21(13-11-20)22-16-24(27)23(25(28)17-22)14-15-26(29,30)31/h16-21H,2-13H2,1H3. The predicted octanol–water partition coefficient (Wildman–Crippen LogP) is 8.54. The quantitative estimate of drug-likeness (QED) is 0.236. The maximum atomic E-state index is 14.2. The summed E-state index contributed by atoms with van der Waals surface area (Å²) >= 11 is 0. The van der Waals surface area contributed by atoms with Gasteiger partial charge in [0.05, 0.1) is 5.56 Å². The van der Waals surface area contributed by atoms with Crippen LogP contribution < -0.4 is 0 Å². The van der Waals surface area contributed by atoms with Crippen LogP contribution in [0, 0.1) is 41.2 Å². The van der Waals surface area contributed by atoms with Gasteiger partial charge in [0.1, 0.15) is 11.6 Å². The minimum atomic E-state index is -4.77. The lowest BCUT2D eigenvalue weighted by Crippen LogP contribution is -2.25. The molecule has 172 valence electrons. The van der Waals surface area contributed by atoms with Crippen LogP contribution in [0.4, 0.5) is 22.0 Å². The van der Waals surface area contributed by atoms with Crippen LogP contribution in [0.2, 0.25) is 0 Å². The van der Waals surface area contributed by atoms with Crippen LogP contribution in [-0.4, -0.2) is 6.18 Å². The molecule has 0 aliphatic heterocycles. The molecule has 0 N–H and O–H groups in total. The summed E-state index contributed by atoms with van der Waals surface area (Å²) in [6.07, 6.45) is 9.74. The topological polar surface area (TPSA) is 0 Å². The first-order valence-electron chi connectivity index (χ1n) is 11.9. The third-order valence-electron chi connectivity index (χ3n) is 7.41. The monoisotopic (exact) mass is 440 g/mol. The molecule has 2 aliphatic rings. The van der Waals surface area contributed by atoms with Crippen LogP contribution in [0.3, 0.4) is 0 Å². The van der Waals surface area contributed by atoms with Crippen molar-refractivity contribution in [2.45, 2.75) is 96.1 Å². The Hall–Kier alpha value is -1.57. The number of hydrogen-bond acceptors (Lipinski definition) is 0. The third kappa shape index (κ3) is 6.96. The number of unbranched alkanes of at least 4 members (excludes halogenated alkanes) is 2. The minimum absolute atomic E-state index is 0.0651. The van der Waals surface area contributed by atoms with Crippen molar-refractivity contribution in [2.75, 3.05) is 0 Å². The molecule has 0 spiro atoms. The third-order valence-corrected chi connectivity index (χ3v) is 7.41. The van der Waals surface area contributed by atoms with E-state index in [4.69, 9.17) is 0 Å². The van der Waals surface area contributed by atoms with Gasteiger partial charge in [0.25, 0.3) is 0 Å². The van der Waals surface area contributed by atoms with Crippen LogP contribution in [-0.2, 0) is 0 Å². The summed E-state index contributed by atoms with van der Waals surface area (Å²) in [4.78, 5) is 0. The van der Waals surface area contributed by atoms with Gasteiger partial charge in [0, 0.05) is 5.92 Å². The zero-order chi connectivity index (χ0) is 22.4. The summed E-state index contributed by atoms with van der Waals surface area (Å²) in [6.45, 7) is 2.24. The Morgan fingerprint density at radius 1 is 0.839 bits per heavy atom. The molecule has 0 bridgehead atoms. The molecule has 3 rings (SSSR count). The Bertz CT molecular complexity index is 746. The van der Waals surface area contributed by atoms with Crippen molar-refractivity contribution in [3.8, 4) is 11.8 Å². The Labute approximate surface area is 183 Å². The highest BCUT2D eigenvalue weighted by Crippen LogP contribution is 2.44. The highest BCUT2D eigenvalue weighted by Gasteiger charge is 2.31. The van der Waals surface area contributed by atoms with Gasteiger partial charge in [-0.05, 0) is 79.9 Å². The Balaban J connectivity index is 1.52. The predicted molar refractivity (Wildman–Crippen MR) is 114 cm³/mol. The van der Waals surface area contributed by atoms with Gasteiger partial charge in [0.2, 0.25) is 0 Å². The molecule has 1 aromatic carbocycles. The van der Waals surface area contributed by atoms with Crippen molar-refractivity contribution in [3.05, 3.63) is 34.9 Å². The highest BCUT2D eigenvalue weighted by atomic mass is 19.4. The van der Waals surface area contributed by atoms with E-state index in [0.29, 0.717) is 11.5 Å². The zero-order valence-electron chi connectivity index (χ0n) is 18.3. The lowest BCUT2D eigenvalue weighted by atomic mass is 9.68. The van der Waals surface area contributed by atoms with Crippen LogP contribution in [0.1, 0.15) is 101 Å². The summed E-state index contributed by atoms with van der Waals surface area (Å²) in [5, 5.41) is 0. The zero-order valence-corrected chi connectivity index (χ0v) is 18.3. The number of benzene rings is 1. The smallest absolute Gasteiger partial charge is 0.206 e. The van der Waals surface area contributed by atoms with Gasteiger partial charge in [0.15, 0.2) is 0 Å². The summed E-state index contributed by atoms with van der Waals surface area (Å²) in [6, 6.07) is 2.35. The molecule has 0 heterocycles. The number of hydrogen-bond donors (Lipinski definition) is 0. The second-order valence-electron chi connectivity index (χ2n) is 9.50. The molecule has 0 amide bonds. The molecular formula is C26H33F5. The van der Waals surface area contributed by atoms with E-state index < -0.39 is 23.4 Å². The van der Waals surface area contributed by atoms with Gasteiger partial charge in [-0.3, -0.25) is 0 Å². The van der Waals surface area contributed by atoms with Gasteiger partial charge in [-0.1, -0.05) is 51.4 Å². The van der Waals surface area contributed by atoms with Gasteiger partial charge >= 0.3 is 6.18 Å². The molecule has 0 unspecified atom stereocenters. The Morgan fingerprint density at radius 2 is 1.39 bits per heavy atom. The van der Waals surface area contributed by atoms with Crippen LogP contribution in [0.25, 0.3) is 0 Å². The van der Waals surface area contributed by atoms with E-state index in [-0.39, 0.29) is 5.92 Å². The summed E-state index contributed by atoms with van der Waals surface area (Å²) < 4.78 is 65.2. The summed E-state index contributed by atoms with van der Waals surface area (Å²) in [5.74, 6) is 2.96. The molecule has 2 fully saturated rings. The van der Waals surface area contributed by atoms with E-state index in [2.05, 4.69) is 6.92 Å². The molecule has 5 heteroatoms. The molecule has 0 saturated heterocycles. The highest BCUT2D eigenvalue weighted by molar-refractivity contribution is 5.40. The summed E-state index contributed by atoms with van der Waals surface area (Å²) in [7, 11) is 0. The van der Waals surface area contributed by atoms with Crippen molar-refractivity contribution in [3.63, 3.8) is 0 Å². The molecule has 2 aliphatic carbocycles. The lowest BCUT2D eigenvalue weighted by Gasteiger charge is -2.38. The normalized spacial score (nSPS) is 26.9. The van der Waals surface area contributed by atoms with Crippen molar-refractivity contribution >= 4 is 0 Å². The van der Waals surface area contributed by atoms with Gasteiger partial charge in [-0.25, -0.2) is 8.78 Å². The van der Waals surface area contributed by atoms with Crippen molar-refractivity contribution in [1.29, 1.82) is 0 Å². The van der Waals surface area contributed by atoms with Crippen LogP contribution >= 0.6 is 0 Å². The first-order valence-corrected chi connectivity index (χ1v) is 11.9. The number of halogens is 5. The maximum Gasteiger partial charge on any atom is 0.458 e. The molecule has 1 aromatic rings. The molecule has 0 atom stereocenters. The van der Waals surface area contributed by atoms with E-state index in [0.717, 1.165) is 43.4 Å². The molecule has 0 aromatic heterocycles. The average Bonchev–Trinajstić information content (AvgIpc) is 2.73. The molecular weight excluding hydrogens is 407 g/mol.